The first-order valence-corrected chi connectivity index (χ1v) is 14.3. The maximum Gasteiger partial charge on any atom is 0.293 e. The van der Waals surface area contributed by atoms with E-state index in [0.717, 1.165) is 50.1 Å². The van der Waals surface area contributed by atoms with E-state index in [1.807, 2.05) is 39.0 Å². The Bertz CT molecular complexity index is 1170. The van der Waals surface area contributed by atoms with Crippen molar-refractivity contribution >= 4 is 41.4 Å². The fourth-order valence-electron chi connectivity index (χ4n) is 6.23. The molecule has 1 saturated carbocycles. The molecule has 38 heavy (non-hydrogen) atoms. The smallest absolute Gasteiger partial charge is 0.293 e. The first-order valence-electron chi connectivity index (χ1n) is 13.5. The van der Waals surface area contributed by atoms with Crippen molar-refractivity contribution in [3.05, 3.63) is 45.1 Å². The van der Waals surface area contributed by atoms with E-state index < -0.39 is 0 Å². The van der Waals surface area contributed by atoms with E-state index >= 15 is 0 Å². The summed E-state index contributed by atoms with van der Waals surface area (Å²) in [5.74, 6) is 2.30. The van der Waals surface area contributed by atoms with Crippen LogP contribution < -0.4 is 10.2 Å². The molecule has 8 nitrogen and oxygen atoms in total. The number of benzene rings is 1. The van der Waals surface area contributed by atoms with Gasteiger partial charge in [-0.15, -0.1) is 0 Å². The Kier molecular flexibility index (Phi) is 8.06. The van der Waals surface area contributed by atoms with Gasteiger partial charge in [-0.25, -0.2) is 4.98 Å². The highest BCUT2D eigenvalue weighted by Crippen LogP contribution is 2.42. The number of nitrogens with one attached hydrogen (secondary N) is 1. The number of anilines is 2. The number of carbonyl (C=O) groups excluding carboxylic acids is 1. The molecule has 1 aliphatic carbocycles. The molecule has 206 valence electrons. The summed E-state index contributed by atoms with van der Waals surface area (Å²) in [6, 6.07) is 6.35. The van der Waals surface area contributed by atoms with Crippen molar-refractivity contribution < 1.29 is 14.6 Å². The van der Waals surface area contributed by atoms with Crippen LogP contribution in [0.15, 0.2) is 18.2 Å². The Labute approximate surface area is 234 Å². The number of likely N-dealkylation sites (tertiary alicyclic amines) is 1. The highest BCUT2D eigenvalue weighted by atomic mass is 35.5. The van der Waals surface area contributed by atoms with Crippen LogP contribution in [-0.2, 0) is 16.1 Å². The lowest BCUT2D eigenvalue weighted by Gasteiger charge is -2.52. The molecule has 3 heterocycles. The van der Waals surface area contributed by atoms with Gasteiger partial charge < -0.3 is 20.1 Å². The van der Waals surface area contributed by atoms with Gasteiger partial charge in [0.25, 0.3) is 6.47 Å². The molecule has 1 aromatic carbocycles. The Balaban J connectivity index is 1.22. The summed E-state index contributed by atoms with van der Waals surface area (Å²) < 4.78 is 5.29. The molecular formula is C28H37Cl2N5O3. The van der Waals surface area contributed by atoms with Crippen molar-refractivity contribution in [2.75, 3.05) is 36.4 Å². The van der Waals surface area contributed by atoms with Gasteiger partial charge in [0.2, 0.25) is 5.95 Å². The fourth-order valence-corrected chi connectivity index (χ4v) is 6.82. The summed E-state index contributed by atoms with van der Waals surface area (Å²) in [6.07, 6.45) is 4.26. The van der Waals surface area contributed by atoms with Crippen molar-refractivity contribution in [3.8, 4) is 0 Å². The van der Waals surface area contributed by atoms with Crippen LogP contribution in [0.5, 0.6) is 0 Å². The molecule has 0 amide bonds. The molecule has 2 atom stereocenters. The summed E-state index contributed by atoms with van der Waals surface area (Å²) in [5, 5.41) is 14.3. The minimum absolute atomic E-state index is 0.127. The molecular weight excluding hydrogens is 525 g/mol. The number of halogens is 2. The van der Waals surface area contributed by atoms with Gasteiger partial charge in [0.15, 0.2) is 5.82 Å². The predicted molar refractivity (Wildman–Crippen MR) is 150 cm³/mol. The lowest BCUT2D eigenvalue weighted by molar-refractivity contribution is -0.160. The average molecular weight is 563 g/mol. The van der Waals surface area contributed by atoms with Crippen LogP contribution in [-0.4, -0.2) is 64.3 Å². The molecule has 2 aliphatic heterocycles. The summed E-state index contributed by atoms with van der Waals surface area (Å²) in [6.45, 7) is 10.4. The maximum absolute atomic E-state index is 10.8. The van der Waals surface area contributed by atoms with Gasteiger partial charge in [0.05, 0.1) is 18.3 Å². The SMILES string of the molecule is Cc1ccc([C@@H](C)Nc2nc(N3CC([C@H]4CCCN(C5CC(C)(OC=O)C5)C4)C3)nc(CO)c2Cl)c(Cl)c1. The zero-order chi connectivity index (χ0) is 27.0. The Morgan fingerprint density at radius 2 is 2.00 bits per heavy atom. The third-order valence-electron chi connectivity index (χ3n) is 8.57. The van der Waals surface area contributed by atoms with E-state index in [-0.39, 0.29) is 18.2 Å². The third kappa shape index (κ3) is 5.60. The van der Waals surface area contributed by atoms with Crippen LogP contribution in [0, 0.1) is 18.8 Å². The number of aryl methyl sites for hydroxylation is 1. The van der Waals surface area contributed by atoms with E-state index in [4.69, 9.17) is 32.9 Å². The van der Waals surface area contributed by atoms with E-state index in [1.54, 1.807) is 0 Å². The summed E-state index contributed by atoms with van der Waals surface area (Å²) >= 11 is 13.1. The van der Waals surface area contributed by atoms with Crippen LogP contribution in [0.25, 0.3) is 0 Å². The number of hydrogen-bond acceptors (Lipinski definition) is 8. The van der Waals surface area contributed by atoms with Crippen molar-refractivity contribution in [2.45, 2.75) is 70.7 Å². The monoisotopic (exact) mass is 561 g/mol. The van der Waals surface area contributed by atoms with E-state index in [0.29, 0.717) is 51.9 Å². The van der Waals surface area contributed by atoms with E-state index in [9.17, 15) is 9.90 Å². The summed E-state index contributed by atoms with van der Waals surface area (Å²) in [7, 11) is 0. The Morgan fingerprint density at radius 1 is 1.24 bits per heavy atom. The van der Waals surface area contributed by atoms with Crippen LogP contribution in [0.3, 0.4) is 0 Å². The molecule has 2 saturated heterocycles. The lowest BCUT2D eigenvalue weighted by Crippen LogP contribution is -2.59. The zero-order valence-corrected chi connectivity index (χ0v) is 23.8. The van der Waals surface area contributed by atoms with Crippen molar-refractivity contribution in [1.82, 2.24) is 14.9 Å². The first kappa shape index (κ1) is 27.4. The standard InChI is InChI=1S/C28H37Cl2N5O3/c1-17-6-7-22(23(29)9-17)18(2)31-26-25(30)24(15-36)32-27(33-26)35-13-20(14-35)19-5-4-8-34(12-19)21-10-28(3,11-21)38-16-37/h6-7,9,16,18-21,36H,4-5,8,10-15H2,1-3H3,(H,31,32,33)/t18-,19+,21?,28?/m1/s1. The number of nitrogens with zero attached hydrogens (tertiary/aromatic N) is 4. The number of ether oxygens (including phenoxy) is 1. The lowest BCUT2D eigenvalue weighted by atomic mass is 9.73. The van der Waals surface area contributed by atoms with Gasteiger partial charge in [-0.05, 0) is 69.2 Å². The number of aliphatic hydroxyl groups excluding tert-OH is 1. The second-order valence-corrected chi connectivity index (χ2v) is 12.3. The number of hydrogen-bond donors (Lipinski definition) is 2. The van der Waals surface area contributed by atoms with Gasteiger partial charge in [-0.1, -0.05) is 35.3 Å². The van der Waals surface area contributed by atoms with E-state index in [1.165, 1.54) is 12.8 Å². The topological polar surface area (TPSA) is 90.8 Å². The molecule has 10 heteroatoms. The minimum atomic E-state index is -0.295. The Hall–Kier alpha value is -2.13. The second-order valence-electron chi connectivity index (χ2n) is 11.5. The summed E-state index contributed by atoms with van der Waals surface area (Å²) in [4.78, 5) is 24.9. The fraction of sp³-hybridized carbons (Fsp3) is 0.607. The third-order valence-corrected chi connectivity index (χ3v) is 9.29. The van der Waals surface area contributed by atoms with Crippen LogP contribution in [0.4, 0.5) is 11.8 Å². The second kappa shape index (κ2) is 11.2. The molecule has 1 aromatic heterocycles. The largest absolute Gasteiger partial charge is 0.461 e. The number of carbonyl (C=O) groups is 1. The van der Waals surface area contributed by atoms with Crippen LogP contribution in [0.2, 0.25) is 10.0 Å². The van der Waals surface area contributed by atoms with Crippen molar-refractivity contribution in [2.24, 2.45) is 11.8 Å². The molecule has 0 unspecified atom stereocenters. The minimum Gasteiger partial charge on any atom is -0.461 e. The van der Waals surface area contributed by atoms with Gasteiger partial charge in [0, 0.05) is 43.5 Å². The van der Waals surface area contributed by atoms with Crippen molar-refractivity contribution in [3.63, 3.8) is 0 Å². The molecule has 0 bridgehead atoms. The molecule has 0 spiro atoms. The highest BCUT2D eigenvalue weighted by molar-refractivity contribution is 6.33. The van der Waals surface area contributed by atoms with Crippen LogP contribution in [0.1, 0.15) is 62.4 Å². The van der Waals surface area contributed by atoms with Gasteiger partial charge >= 0.3 is 0 Å². The molecule has 2 aromatic rings. The number of rotatable bonds is 9. The Morgan fingerprint density at radius 3 is 2.68 bits per heavy atom. The maximum atomic E-state index is 10.8. The number of piperidine rings is 1. The zero-order valence-electron chi connectivity index (χ0n) is 22.3. The van der Waals surface area contributed by atoms with Gasteiger partial charge in [0.1, 0.15) is 10.6 Å². The molecule has 3 fully saturated rings. The predicted octanol–water partition coefficient (Wildman–Crippen LogP) is 5.00. The van der Waals surface area contributed by atoms with Gasteiger partial charge in [-0.3, -0.25) is 9.69 Å². The highest BCUT2D eigenvalue weighted by Gasteiger charge is 2.47. The molecule has 0 radical (unpaired) electrons. The van der Waals surface area contributed by atoms with Gasteiger partial charge in [-0.2, -0.15) is 4.98 Å². The number of aromatic nitrogens is 2. The summed E-state index contributed by atoms with van der Waals surface area (Å²) in [5.41, 5.74) is 2.17. The van der Waals surface area contributed by atoms with E-state index in [2.05, 4.69) is 20.1 Å². The quantitative estimate of drug-likeness (QED) is 0.413. The molecule has 3 aliphatic rings. The number of aliphatic hydroxyl groups is 1. The normalized spacial score (nSPS) is 26.8. The molecule has 5 rings (SSSR count). The molecule has 2 N–H and O–H groups in total. The van der Waals surface area contributed by atoms with Crippen molar-refractivity contribution in [1.29, 1.82) is 0 Å². The average Bonchev–Trinajstić information content (AvgIpc) is 2.83. The van der Waals surface area contributed by atoms with Crippen LogP contribution >= 0.6 is 23.2 Å². The first-order chi connectivity index (χ1) is 18.2.